The predicted octanol–water partition coefficient (Wildman–Crippen LogP) is 2.60. The maximum absolute atomic E-state index is 11.1. The lowest BCUT2D eigenvalue weighted by Crippen LogP contribution is -2.21. The van der Waals surface area contributed by atoms with E-state index in [1.54, 1.807) is 19.1 Å². The maximum Gasteiger partial charge on any atom is 0.346 e. The van der Waals surface area contributed by atoms with Gasteiger partial charge in [0.2, 0.25) is 0 Å². The van der Waals surface area contributed by atoms with Gasteiger partial charge in [0.05, 0.1) is 7.11 Å². The van der Waals surface area contributed by atoms with Gasteiger partial charge in [0, 0.05) is 0 Å². The van der Waals surface area contributed by atoms with Crippen molar-refractivity contribution in [2.24, 2.45) is 0 Å². The molecule has 0 aliphatic carbocycles. The average molecular weight is 210 g/mol. The monoisotopic (exact) mass is 210 g/mol. The Morgan fingerprint density at radius 1 is 1.33 bits per heavy atom. The van der Waals surface area contributed by atoms with Gasteiger partial charge in [0.15, 0.2) is 6.10 Å². The van der Waals surface area contributed by atoms with E-state index in [1.807, 2.05) is 19.9 Å². The minimum absolute atomic E-state index is 0.403. The molecule has 0 aromatic carbocycles. The Labute approximate surface area is 91.1 Å². The molecule has 3 nitrogen and oxygen atoms in total. The Kier molecular flexibility index (Phi) is 6.18. The van der Waals surface area contributed by atoms with E-state index in [2.05, 4.69) is 11.3 Å². The number of carbonyl (C=O) groups is 1. The van der Waals surface area contributed by atoms with Crippen LogP contribution in [-0.4, -0.2) is 19.2 Å². The minimum atomic E-state index is -0.621. The highest BCUT2D eigenvalue weighted by molar-refractivity contribution is 5.74. The smallest absolute Gasteiger partial charge is 0.346 e. The first-order valence-corrected chi connectivity index (χ1v) is 4.73. The Morgan fingerprint density at radius 2 is 1.93 bits per heavy atom. The quantitative estimate of drug-likeness (QED) is 0.397. The lowest BCUT2D eigenvalue weighted by molar-refractivity contribution is -0.150. The first kappa shape index (κ1) is 13.5. The van der Waals surface area contributed by atoms with Crippen LogP contribution in [0.25, 0.3) is 0 Å². The average Bonchev–Trinajstić information content (AvgIpc) is 2.22. The van der Waals surface area contributed by atoms with Crippen LogP contribution in [0.4, 0.5) is 0 Å². The van der Waals surface area contributed by atoms with Gasteiger partial charge in [-0.25, -0.2) is 4.79 Å². The van der Waals surface area contributed by atoms with E-state index in [0.717, 1.165) is 5.57 Å². The molecule has 0 bridgehead atoms. The zero-order chi connectivity index (χ0) is 11.8. The second-order valence-corrected chi connectivity index (χ2v) is 3.30. The highest BCUT2D eigenvalue weighted by Crippen LogP contribution is 2.06. The third kappa shape index (κ3) is 5.73. The van der Waals surface area contributed by atoms with Crippen molar-refractivity contribution in [1.82, 2.24) is 0 Å². The van der Waals surface area contributed by atoms with Crippen LogP contribution in [0.15, 0.2) is 36.1 Å². The zero-order valence-electron chi connectivity index (χ0n) is 9.74. The van der Waals surface area contributed by atoms with E-state index >= 15 is 0 Å². The van der Waals surface area contributed by atoms with Gasteiger partial charge in [-0.05, 0) is 32.9 Å². The molecule has 0 spiro atoms. The largest absolute Gasteiger partial charge is 0.479 e. The molecule has 1 atom stereocenters. The van der Waals surface area contributed by atoms with Gasteiger partial charge in [-0.2, -0.15) is 0 Å². The molecule has 0 saturated heterocycles. The number of hydrogen-bond donors (Lipinski definition) is 0. The first-order valence-electron chi connectivity index (χ1n) is 4.73. The molecule has 15 heavy (non-hydrogen) atoms. The van der Waals surface area contributed by atoms with Crippen molar-refractivity contribution in [2.45, 2.75) is 26.9 Å². The second-order valence-electron chi connectivity index (χ2n) is 3.30. The van der Waals surface area contributed by atoms with Crippen LogP contribution in [0.1, 0.15) is 20.8 Å². The molecule has 0 rings (SSSR count). The fraction of sp³-hybridized carbons (Fsp3) is 0.417. The predicted molar refractivity (Wildman–Crippen MR) is 60.3 cm³/mol. The summed E-state index contributed by atoms with van der Waals surface area (Å²) >= 11 is 0. The molecule has 0 fully saturated rings. The van der Waals surface area contributed by atoms with Crippen LogP contribution in [0.5, 0.6) is 0 Å². The summed E-state index contributed by atoms with van der Waals surface area (Å²) < 4.78 is 9.87. The number of carbonyl (C=O) groups excluding carboxylic acids is 1. The Bertz CT molecular complexity index is 283. The fourth-order valence-electron chi connectivity index (χ4n) is 0.822. The van der Waals surface area contributed by atoms with E-state index in [9.17, 15) is 4.79 Å². The topological polar surface area (TPSA) is 35.5 Å². The summed E-state index contributed by atoms with van der Waals surface area (Å²) in [6.45, 7) is 9.18. The van der Waals surface area contributed by atoms with Crippen LogP contribution >= 0.6 is 0 Å². The van der Waals surface area contributed by atoms with Gasteiger partial charge in [-0.15, -0.1) is 0 Å². The molecule has 0 aromatic heterocycles. The molecule has 84 valence electrons. The molecule has 0 aromatic rings. The number of hydrogen-bond acceptors (Lipinski definition) is 3. The van der Waals surface area contributed by atoms with Crippen molar-refractivity contribution < 1.29 is 14.3 Å². The van der Waals surface area contributed by atoms with E-state index in [-0.39, 0.29) is 0 Å². The number of ether oxygens (including phenoxy) is 2. The molecule has 0 aliphatic rings. The summed E-state index contributed by atoms with van der Waals surface area (Å²) in [5.74, 6) is 0.147. The SMILES string of the molecule is C=C/C(=C\C=C(C)C)OC(C)C(=O)OC. The van der Waals surface area contributed by atoms with Crippen LogP contribution in [0.2, 0.25) is 0 Å². The van der Waals surface area contributed by atoms with Crippen molar-refractivity contribution in [3.05, 3.63) is 36.1 Å². The summed E-state index contributed by atoms with van der Waals surface area (Å²) in [5, 5.41) is 0. The minimum Gasteiger partial charge on any atom is -0.479 e. The molecule has 0 radical (unpaired) electrons. The number of esters is 1. The highest BCUT2D eigenvalue weighted by atomic mass is 16.6. The van der Waals surface area contributed by atoms with Crippen LogP contribution in [-0.2, 0) is 14.3 Å². The third-order valence-corrected chi connectivity index (χ3v) is 1.63. The van der Waals surface area contributed by atoms with Crippen LogP contribution in [0, 0.1) is 0 Å². The van der Waals surface area contributed by atoms with Gasteiger partial charge in [-0.3, -0.25) is 0 Å². The fourth-order valence-corrected chi connectivity index (χ4v) is 0.822. The normalized spacial score (nSPS) is 12.7. The molecule has 0 heterocycles. The lowest BCUT2D eigenvalue weighted by atomic mass is 10.3. The lowest BCUT2D eigenvalue weighted by Gasteiger charge is -2.12. The van der Waals surface area contributed by atoms with Gasteiger partial charge in [0.1, 0.15) is 5.76 Å². The standard InChI is InChI=1S/C12H18O3/c1-6-11(8-7-9(2)3)15-10(4)12(13)14-5/h6-8,10H,1H2,2-5H3/b11-8+. The third-order valence-electron chi connectivity index (χ3n) is 1.63. The molecule has 0 N–H and O–H groups in total. The Balaban J connectivity index is 4.46. The second kappa shape index (κ2) is 6.87. The highest BCUT2D eigenvalue weighted by Gasteiger charge is 2.14. The number of methoxy groups -OCH3 is 1. The maximum atomic E-state index is 11.1. The molecular weight excluding hydrogens is 192 g/mol. The molecule has 0 aliphatic heterocycles. The summed E-state index contributed by atoms with van der Waals surface area (Å²) in [6, 6.07) is 0. The van der Waals surface area contributed by atoms with Crippen molar-refractivity contribution in [3.8, 4) is 0 Å². The summed E-state index contributed by atoms with van der Waals surface area (Å²) in [5.41, 5.74) is 1.14. The summed E-state index contributed by atoms with van der Waals surface area (Å²) in [7, 11) is 1.33. The first-order chi connectivity index (χ1) is 7.01. The molecule has 3 heteroatoms. The van der Waals surface area contributed by atoms with Gasteiger partial charge < -0.3 is 9.47 Å². The number of allylic oxidation sites excluding steroid dienone is 4. The summed E-state index contributed by atoms with van der Waals surface area (Å²) in [4.78, 5) is 11.1. The Hall–Kier alpha value is -1.51. The van der Waals surface area contributed by atoms with Gasteiger partial charge in [0.25, 0.3) is 0 Å². The van der Waals surface area contributed by atoms with E-state index in [1.165, 1.54) is 7.11 Å². The molecular formula is C12H18O3. The van der Waals surface area contributed by atoms with Crippen molar-refractivity contribution in [3.63, 3.8) is 0 Å². The van der Waals surface area contributed by atoms with Crippen molar-refractivity contribution in [2.75, 3.05) is 7.11 Å². The van der Waals surface area contributed by atoms with Crippen molar-refractivity contribution in [1.29, 1.82) is 0 Å². The molecule has 0 amide bonds. The number of rotatable bonds is 5. The van der Waals surface area contributed by atoms with Crippen molar-refractivity contribution >= 4 is 5.97 Å². The van der Waals surface area contributed by atoms with Crippen LogP contribution < -0.4 is 0 Å². The Morgan fingerprint density at radius 3 is 2.33 bits per heavy atom. The molecule has 0 saturated carbocycles. The summed E-state index contributed by atoms with van der Waals surface area (Å²) in [6.07, 6.45) is 4.59. The van der Waals surface area contributed by atoms with Gasteiger partial charge in [-0.1, -0.05) is 18.2 Å². The van der Waals surface area contributed by atoms with E-state index in [4.69, 9.17) is 4.74 Å². The van der Waals surface area contributed by atoms with Gasteiger partial charge >= 0.3 is 5.97 Å². The molecule has 1 unspecified atom stereocenters. The van der Waals surface area contributed by atoms with Crippen LogP contribution in [0.3, 0.4) is 0 Å². The zero-order valence-corrected chi connectivity index (χ0v) is 9.74. The van der Waals surface area contributed by atoms with E-state index in [0.29, 0.717) is 5.76 Å². The van der Waals surface area contributed by atoms with E-state index < -0.39 is 12.1 Å².